The van der Waals surface area contributed by atoms with Crippen LogP contribution in [0.25, 0.3) is 0 Å². The van der Waals surface area contributed by atoms with E-state index in [2.05, 4.69) is 10.3 Å². The summed E-state index contributed by atoms with van der Waals surface area (Å²) in [5.74, 6) is 0. The highest BCUT2D eigenvalue weighted by molar-refractivity contribution is 6.36. The minimum absolute atomic E-state index is 0.0662. The molecule has 0 amide bonds. The van der Waals surface area contributed by atoms with Gasteiger partial charge in [-0.05, 0) is 24.3 Å². The van der Waals surface area contributed by atoms with Crippen molar-refractivity contribution in [3.8, 4) is 0 Å². The molecule has 106 valence electrons. The lowest BCUT2D eigenvalue weighted by atomic mass is 10.2. The van der Waals surface area contributed by atoms with Crippen LogP contribution in [0.1, 0.15) is 5.69 Å². The number of rotatable bonds is 2. The van der Waals surface area contributed by atoms with E-state index in [0.29, 0.717) is 10.7 Å². The van der Waals surface area contributed by atoms with E-state index >= 15 is 0 Å². The quantitative estimate of drug-likeness (QED) is 0.840. The number of anilines is 3. The molecule has 1 aromatic carbocycles. The highest BCUT2D eigenvalue weighted by Gasteiger charge is 2.33. The van der Waals surface area contributed by atoms with Crippen molar-refractivity contribution in [1.82, 2.24) is 4.98 Å². The number of halogens is 5. The second kappa shape index (κ2) is 5.38. The van der Waals surface area contributed by atoms with Crippen molar-refractivity contribution in [3.63, 3.8) is 0 Å². The fraction of sp³-hybridized carbons (Fsp3) is 0.0833. The Morgan fingerprint density at radius 3 is 2.40 bits per heavy atom. The summed E-state index contributed by atoms with van der Waals surface area (Å²) in [6.07, 6.45) is -3.61. The summed E-state index contributed by atoms with van der Waals surface area (Å²) in [5.41, 5.74) is 5.09. The molecule has 2 rings (SSSR count). The van der Waals surface area contributed by atoms with Crippen molar-refractivity contribution in [3.05, 3.63) is 46.2 Å². The number of nitrogen functional groups attached to an aromatic ring is 1. The van der Waals surface area contributed by atoms with Gasteiger partial charge in [-0.15, -0.1) is 0 Å². The van der Waals surface area contributed by atoms with Gasteiger partial charge in [0.05, 0.1) is 28.3 Å². The summed E-state index contributed by atoms with van der Waals surface area (Å²) < 4.78 is 37.8. The molecular formula is C12H8Cl2F3N3. The van der Waals surface area contributed by atoms with Gasteiger partial charge in [0.1, 0.15) is 5.69 Å². The van der Waals surface area contributed by atoms with Crippen molar-refractivity contribution in [2.24, 2.45) is 0 Å². The van der Waals surface area contributed by atoms with E-state index in [-0.39, 0.29) is 16.4 Å². The number of nitrogens with zero attached hydrogens (tertiary/aromatic N) is 1. The third-order valence-electron chi connectivity index (χ3n) is 2.43. The average molecular weight is 322 g/mol. The number of nitrogens with one attached hydrogen (secondary N) is 1. The van der Waals surface area contributed by atoms with Gasteiger partial charge in [-0.25, -0.2) is 4.98 Å². The van der Waals surface area contributed by atoms with Crippen LogP contribution in [0.4, 0.5) is 30.2 Å². The maximum absolute atomic E-state index is 12.6. The van der Waals surface area contributed by atoms with Crippen molar-refractivity contribution in [2.75, 3.05) is 11.1 Å². The Bertz CT molecular complexity index is 644. The maximum atomic E-state index is 12.6. The summed E-state index contributed by atoms with van der Waals surface area (Å²) in [5, 5.41) is 3.41. The van der Waals surface area contributed by atoms with Crippen LogP contribution in [0.2, 0.25) is 10.0 Å². The fourth-order valence-electron chi connectivity index (χ4n) is 1.47. The molecule has 0 fully saturated rings. The molecule has 0 bridgehead atoms. The van der Waals surface area contributed by atoms with Crippen LogP contribution < -0.4 is 11.1 Å². The predicted octanol–water partition coefficient (Wildman–Crippen LogP) is 4.73. The van der Waals surface area contributed by atoms with Gasteiger partial charge in [0.25, 0.3) is 0 Å². The van der Waals surface area contributed by atoms with Crippen LogP contribution in [0.5, 0.6) is 0 Å². The van der Waals surface area contributed by atoms with E-state index in [9.17, 15) is 13.2 Å². The molecule has 0 unspecified atom stereocenters. The Morgan fingerprint density at radius 2 is 1.80 bits per heavy atom. The fourth-order valence-corrected chi connectivity index (χ4v) is 1.92. The van der Waals surface area contributed by atoms with E-state index in [1.54, 1.807) is 6.07 Å². The summed E-state index contributed by atoms with van der Waals surface area (Å²) in [7, 11) is 0. The van der Waals surface area contributed by atoms with Gasteiger partial charge < -0.3 is 11.1 Å². The first kappa shape index (κ1) is 14.7. The molecule has 0 spiro atoms. The monoisotopic (exact) mass is 321 g/mol. The number of hydrogen-bond acceptors (Lipinski definition) is 3. The molecule has 0 atom stereocenters. The van der Waals surface area contributed by atoms with Gasteiger partial charge in [-0.3, -0.25) is 0 Å². The SMILES string of the molecule is Nc1cnc(C(F)(F)F)cc1Nc1ccc(Cl)cc1Cl. The summed E-state index contributed by atoms with van der Waals surface area (Å²) in [6.45, 7) is 0. The molecule has 0 radical (unpaired) electrons. The zero-order chi connectivity index (χ0) is 14.9. The number of benzene rings is 1. The lowest BCUT2D eigenvalue weighted by Crippen LogP contribution is -2.09. The molecule has 0 aliphatic carbocycles. The number of aromatic nitrogens is 1. The minimum Gasteiger partial charge on any atom is -0.396 e. The molecular weight excluding hydrogens is 314 g/mol. The highest BCUT2D eigenvalue weighted by Crippen LogP contribution is 2.34. The third-order valence-corrected chi connectivity index (χ3v) is 2.97. The van der Waals surface area contributed by atoms with Crippen LogP contribution >= 0.6 is 23.2 Å². The van der Waals surface area contributed by atoms with Gasteiger partial charge in [0, 0.05) is 5.02 Å². The Hall–Kier alpha value is -1.66. The normalized spacial score (nSPS) is 11.4. The Kier molecular flexibility index (Phi) is 3.96. The van der Waals surface area contributed by atoms with E-state index in [1.165, 1.54) is 12.1 Å². The summed E-state index contributed by atoms with van der Waals surface area (Å²) in [4.78, 5) is 3.24. The first-order valence-electron chi connectivity index (χ1n) is 5.32. The molecule has 0 aliphatic heterocycles. The van der Waals surface area contributed by atoms with Crippen LogP contribution in [-0.4, -0.2) is 4.98 Å². The lowest BCUT2D eigenvalue weighted by Gasteiger charge is -2.13. The molecule has 2 aromatic rings. The first-order valence-corrected chi connectivity index (χ1v) is 6.08. The molecule has 0 saturated carbocycles. The topological polar surface area (TPSA) is 50.9 Å². The molecule has 3 nitrogen and oxygen atoms in total. The van der Waals surface area contributed by atoms with E-state index in [1.807, 2.05) is 0 Å². The summed E-state index contributed by atoms with van der Waals surface area (Å²) in [6, 6.07) is 5.38. The zero-order valence-corrected chi connectivity index (χ0v) is 11.3. The van der Waals surface area contributed by atoms with Crippen LogP contribution in [0.3, 0.4) is 0 Å². The molecule has 8 heteroatoms. The Balaban J connectivity index is 2.38. The average Bonchev–Trinajstić information content (AvgIpc) is 2.33. The minimum atomic E-state index is -4.55. The van der Waals surface area contributed by atoms with Crippen molar-refractivity contribution in [2.45, 2.75) is 6.18 Å². The van der Waals surface area contributed by atoms with Gasteiger partial charge >= 0.3 is 6.18 Å². The van der Waals surface area contributed by atoms with E-state index in [0.717, 1.165) is 12.3 Å². The first-order chi connectivity index (χ1) is 9.27. The van der Waals surface area contributed by atoms with Gasteiger partial charge in [0.15, 0.2) is 0 Å². The van der Waals surface area contributed by atoms with Gasteiger partial charge in [0.2, 0.25) is 0 Å². The molecule has 0 aliphatic rings. The smallest absolute Gasteiger partial charge is 0.396 e. The largest absolute Gasteiger partial charge is 0.433 e. The Labute approximate surface area is 122 Å². The number of nitrogens with two attached hydrogens (primary N) is 1. The molecule has 1 heterocycles. The van der Waals surface area contributed by atoms with Gasteiger partial charge in [-0.2, -0.15) is 13.2 Å². The van der Waals surface area contributed by atoms with Crippen molar-refractivity contribution < 1.29 is 13.2 Å². The van der Waals surface area contributed by atoms with Gasteiger partial charge in [-0.1, -0.05) is 23.2 Å². The standard InChI is InChI=1S/C12H8Cl2F3N3/c13-6-1-2-9(7(14)3-6)20-10-4-11(12(15,16)17)19-5-8(10)18/h1-5H,18H2,(H,19,20). The second-order valence-electron chi connectivity index (χ2n) is 3.90. The second-order valence-corrected chi connectivity index (χ2v) is 4.75. The number of pyridine rings is 1. The number of hydrogen-bond donors (Lipinski definition) is 2. The Morgan fingerprint density at radius 1 is 1.10 bits per heavy atom. The van der Waals surface area contributed by atoms with Crippen LogP contribution in [0.15, 0.2) is 30.5 Å². The summed E-state index contributed by atoms with van der Waals surface area (Å²) >= 11 is 11.7. The molecule has 20 heavy (non-hydrogen) atoms. The molecule has 0 saturated heterocycles. The van der Waals surface area contributed by atoms with Crippen molar-refractivity contribution >= 4 is 40.3 Å². The van der Waals surface area contributed by atoms with Crippen LogP contribution in [-0.2, 0) is 6.18 Å². The highest BCUT2D eigenvalue weighted by atomic mass is 35.5. The molecule has 1 aromatic heterocycles. The third kappa shape index (κ3) is 3.26. The van der Waals surface area contributed by atoms with Crippen LogP contribution in [0, 0.1) is 0 Å². The predicted molar refractivity (Wildman–Crippen MR) is 73.4 cm³/mol. The maximum Gasteiger partial charge on any atom is 0.433 e. The molecule has 3 N–H and O–H groups in total. The van der Waals surface area contributed by atoms with Crippen molar-refractivity contribution in [1.29, 1.82) is 0 Å². The zero-order valence-electron chi connectivity index (χ0n) is 9.80. The lowest BCUT2D eigenvalue weighted by molar-refractivity contribution is -0.141. The number of alkyl halides is 3. The van der Waals surface area contributed by atoms with E-state index in [4.69, 9.17) is 28.9 Å². The van der Waals surface area contributed by atoms with E-state index < -0.39 is 11.9 Å².